The van der Waals surface area contributed by atoms with Crippen molar-refractivity contribution in [1.82, 2.24) is 9.78 Å². The van der Waals surface area contributed by atoms with Crippen LogP contribution in [0.2, 0.25) is 0 Å². The second-order valence-corrected chi connectivity index (χ2v) is 5.14. The van der Waals surface area contributed by atoms with Crippen molar-refractivity contribution in [3.63, 3.8) is 0 Å². The molecule has 3 aromatic rings. The molecule has 0 amide bonds. The summed E-state index contributed by atoms with van der Waals surface area (Å²) in [6, 6.07) is 9.81. The molecule has 4 nitrogen and oxygen atoms in total. The lowest BCUT2D eigenvalue weighted by Gasteiger charge is -2.07. The number of rotatable bonds is 3. The third-order valence-corrected chi connectivity index (χ3v) is 3.47. The van der Waals surface area contributed by atoms with Crippen LogP contribution in [0.1, 0.15) is 18.9 Å². The molecule has 0 saturated heterocycles. The van der Waals surface area contributed by atoms with E-state index in [0.29, 0.717) is 17.0 Å². The van der Waals surface area contributed by atoms with Crippen LogP contribution in [0.15, 0.2) is 48.7 Å². The molecular formula is C17H13F3N2O2. The third-order valence-electron chi connectivity index (χ3n) is 3.47. The van der Waals surface area contributed by atoms with Crippen molar-refractivity contribution >= 4 is 16.9 Å². The SMILES string of the molecule is CCC(=O)Oc1cccc2cn(-c3ccc(C(F)(F)F)cc3)nc12. The van der Waals surface area contributed by atoms with Gasteiger partial charge < -0.3 is 4.74 Å². The number of fused-ring (bicyclic) bond motifs is 1. The molecule has 2 aromatic carbocycles. The smallest absolute Gasteiger partial charge is 0.416 e. The molecule has 3 rings (SSSR count). The van der Waals surface area contributed by atoms with Crippen molar-refractivity contribution in [2.75, 3.05) is 0 Å². The Morgan fingerprint density at radius 2 is 1.88 bits per heavy atom. The molecule has 0 saturated carbocycles. The van der Waals surface area contributed by atoms with E-state index in [0.717, 1.165) is 17.5 Å². The summed E-state index contributed by atoms with van der Waals surface area (Å²) in [6.07, 6.45) is -2.48. The molecule has 1 heterocycles. The molecule has 124 valence electrons. The van der Waals surface area contributed by atoms with Gasteiger partial charge >= 0.3 is 12.1 Å². The summed E-state index contributed by atoms with van der Waals surface area (Å²) in [5, 5.41) is 5.04. The number of carbonyl (C=O) groups excluding carboxylic acids is 1. The number of esters is 1. The zero-order valence-electron chi connectivity index (χ0n) is 12.7. The van der Waals surface area contributed by atoms with Gasteiger partial charge in [-0.05, 0) is 30.3 Å². The first-order chi connectivity index (χ1) is 11.4. The summed E-state index contributed by atoms with van der Waals surface area (Å²) >= 11 is 0. The number of alkyl halides is 3. The Morgan fingerprint density at radius 1 is 1.17 bits per heavy atom. The number of halogens is 3. The zero-order valence-corrected chi connectivity index (χ0v) is 12.7. The van der Waals surface area contributed by atoms with Crippen LogP contribution in [0.4, 0.5) is 13.2 Å². The first kappa shape index (κ1) is 16.0. The summed E-state index contributed by atoms with van der Waals surface area (Å²) in [6.45, 7) is 1.68. The fourth-order valence-corrected chi connectivity index (χ4v) is 2.23. The number of aromatic nitrogens is 2. The monoisotopic (exact) mass is 334 g/mol. The Hall–Kier alpha value is -2.83. The number of benzene rings is 2. The maximum atomic E-state index is 12.6. The van der Waals surface area contributed by atoms with Crippen molar-refractivity contribution in [2.24, 2.45) is 0 Å². The maximum absolute atomic E-state index is 12.6. The minimum atomic E-state index is -4.38. The van der Waals surface area contributed by atoms with E-state index in [1.807, 2.05) is 0 Å². The van der Waals surface area contributed by atoms with Crippen LogP contribution in [0.3, 0.4) is 0 Å². The average molecular weight is 334 g/mol. The van der Waals surface area contributed by atoms with Gasteiger partial charge in [0.2, 0.25) is 0 Å². The van der Waals surface area contributed by atoms with Crippen molar-refractivity contribution in [3.8, 4) is 11.4 Å². The fraction of sp³-hybridized carbons (Fsp3) is 0.176. The topological polar surface area (TPSA) is 44.1 Å². The lowest BCUT2D eigenvalue weighted by molar-refractivity contribution is -0.137. The number of carbonyl (C=O) groups is 1. The van der Waals surface area contributed by atoms with E-state index in [-0.39, 0.29) is 12.4 Å². The molecule has 7 heteroatoms. The third kappa shape index (κ3) is 3.10. The normalized spacial score (nSPS) is 11.7. The van der Waals surface area contributed by atoms with Crippen LogP contribution in [0.25, 0.3) is 16.6 Å². The van der Waals surface area contributed by atoms with Gasteiger partial charge in [-0.1, -0.05) is 19.1 Å². The standard InChI is InChI=1S/C17H13F3N2O2/c1-2-15(23)24-14-5-3-4-11-10-22(21-16(11)14)13-8-6-12(7-9-13)17(18,19)20/h3-10H,2H2,1H3. The molecule has 0 fully saturated rings. The van der Waals surface area contributed by atoms with E-state index >= 15 is 0 Å². The van der Waals surface area contributed by atoms with Crippen molar-refractivity contribution < 1.29 is 22.7 Å². The van der Waals surface area contributed by atoms with E-state index < -0.39 is 11.7 Å². The van der Waals surface area contributed by atoms with Gasteiger partial charge in [-0.15, -0.1) is 0 Å². The first-order valence-corrected chi connectivity index (χ1v) is 7.25. The van der Waals surface area contributed by atoms with Gasteiger partial charge in [0.25, 0.3) is 0 Å². The number of ether oxygens (including phenoxy) is 1. The van der Waals surface area contributed by atoms with Crippen molar-refractivity contribution in [2.45, 2.75) is 19.5 Å². The molecule has 0 unspecified atom stereocenters. The maximum Gasteiger partial charge on any atom is 0.416 e. The van der Waals surface area contributed by atoms with Crippen molar-refractivity contribution in [1.29, 1.82) is 0 Å². The Morgan fingerprint density at radius 3 is 2.50 bits per heavy atom. The highest BCUT2D eigenvalue weighted by molar-refractivity contribution is 5.87. The van der Waals surface area contributed by atoms with Crippen LogP contribution in [0.5, 0.6) is 5.75 Å². The molecule has 0 atom stereocenters. The number of nitrogens with zero attached hydrogens (tertiary/aromatic N) is 2. The predicted octanol–water partition coefficient (Wildman–Crippen LogP) is 4.36. The van der Waals surface area contributed by atoms with Gasteiger partial charge in [0.15, 0.2) is 5.75 Å². The molecule has 0 aliphatic carbocycles. The first-order valence-electron chi connectivity index (χ1n) is 7.25. The van der Waals surface area contributed by atoms with E-state index in [1.54, 1.807) is 31.3 Å². The minimum Gasteiger partial charge on any atom is -0.424 e. The van der Waals surface area contributed by atoms with Gasteiger partial charge in [0.05, 0.1) is 11.3 Å². The molecule has 0 aliphatic heterocycles. The Labute approximate surface area is 135 Å². The second kappa shape index (κ2) is 5.99. The lowest BCUT2D eigenvalue weighted by Crippen LogP contribution is -2.06. The van der Waals surface area contributed by atoms with Crippen molar-refractivity contribution in [3.05, 3.63) is 54.2 Å². The van der Waals surface area contributed by atoms with Crippen LogP contribution >= 0.6 is 0 Å². The highest BCUT2D eigenvalue weighted by Crippen LogP contribution is 2.30. The highest BCUT2D eigenvalue weighted by Gasteiger charge is 2.30. The highest BCUT2D eigenvalue weighted by atomic mass is 19.4. The van der Waals surface area contributed by atoms with E-state index in [4.69, 9.17) is 4.74 Å². The summed E-state index contributed by atoms with van der Waals surface area (Å²) in [4.78, 5) is 11.5. The average Bonchev–Trinajstić information content (AvgIpc) is 2.99. The minimum absolute atomic E-state index is 0.232. The molecule has 24 heavy (non-hydrogen) atoms. The molecular weight excluding hydrogens is 321 g/mol. The zero-order chi connectivity index (χ0) is 17.3. The van der Waals surface area contributed by atoms with E-state index in [1.165, 1.54) is 16.8 Å². The van der Waals surface area contributed by atoms with Gasteiger partial charge in [0.1, 0.15) is 5.52 Å². The summed E-state index contributed by atoms with van der Waals surface area (Å²) in [7, 11) is 0. The quantitative estimate of drug-likeness (QED) is 0.528. The van der Waals surface area contributed by atoms with Crippen LogP contribution in [0, 0.1) is 0 Å². The number of hydrogen-bond acceptors (Lipinski definition) is 3. The molecule has 0 N–H and O–H groups in total. The fourth-order valence-electron chi connectivity index (χ4n) is 2.23. The van der Waals surface area contributed by atoms with Gasteiger partial charge in [-0.2, -0.15) is 18.3 Å². The molecule has 0 radical (unpaired) electrons. The lowest BCUT2D eigenvalue weighted by atomic mass is 10.2. The largest absolute Gasteiger partial charge is 0.424 e. The van der Waals surface area contributed by atoms with Crippen LogP contribution < -0.4 is 4.74 Å². The molecule has 0 spiro atoms. The van der Waals surface area contributed by atoms with E-state index in [9.17, 15) is 18.0 Å². The summed E-state index contributed by atoms with van der Waals surface area (Å²) in [5.74, 6) is -0.0587. The van der Waals surface area contributed by atoms with Gasteiger partial charge in [-0.25, -0.2) is 4.68 Å². The van der Waals surface area contributed by atoms with E-state index in [2.05, 4.69) is 5.10 Å². The van der Waals surface area contributed by atoms with Crippen LogP contribution in [-0.2, 0) is 11.0 Å². The Kier molecular flexibility index (Phi) is 4.01. The predicted molar refractivity (Wildman–Crippen MR) is 82.0 cm³/mol. The number of hydrogen-bond donors (Lipinski definition) is 0. The molecule has 1 aromatic heterocycles. The Bertz CT molecular complexity index is 883. The molecule has 0 bridgehead atoms. The summed E-state index contributed by atoms with van der Waals surface area (Å²) < 4.78 is 44.6. The van der Waals surface area contributed by atoms with Gasteiger partial charge in [0, 0.05) is 18.0 Å². The van der Waals surface area contributed by atoms with Crippen LogP contribution in [-0.4, -0.2) is 15.7 Å². The molecule has 0 aliphatic rings. The van der Waals surface area contributed by atoms with Gasteiger partial charge in [-0.3, -0.25) is 4.79 Å². The second-order valence-electron chi connectivity index (χ2n) is 5.14. The Balaban J connectivity index is 1.99. The summed E-state index contributed by atoms with van der Waals surface area (Å²) in [5.41, 5.74) is 0.228.